The standard InChI is InChI=1S/C13H13BrN4S/c1-9-2-13-16-5-10(7-18(13)17-9)4-15-6-12-3-11(14)8-19-12/h2-3,5,7-8,15H,4,6H2,1H3. The molecule has 0 atom stereocenters. The minimum absolute atomic E-state index is 0.789. The van der Waals surface area contributed by atoms with Crippen molar-refractivity contribution in [1.29, 1.82) is 0 Å². The molecule has 19 heavy (non-hydrogen) atoms. The number of thiophene rings is 1. The van der Waals surface area contributed by atoms with E-state index in [1.165, 1.54) is 4.88 Å². The molecule has 98 valence electrons. The maximum Gasteiger partial charge on any atom is 0.155 e. The van der Waals surface area contributed by atoms with Crippen LogP contribution < -0.4 is 5.32 Å². The van der Waals surface area contributed by atoms with Gasteiger partial charge in [0.1, 0.15) is 0 Å². The quantitative estimate of drug-likeness (QED) is 0.795. The molecule has 1 N–H and O–H groups in total. The van der Waals surface area contributed by atoms with Crippen molar-refractivity contribution in [1.82, 2.24) is 19.9 Å². The number of hydrogen-bond donors (Lipinski definition) is 1. The van der Waals surface area contributed by atoms with E-state index in [4.69, 9.17) is 0 Å². The minimum Gasteiger partial charge on any atom is -0.308 e. The number of nitrogens with zero attached hydrogens (tertiary/aromatic N) is 3. The Morgan fingerprint density at radius 2 is 2.26 bits per heavy atom. The molecule has 0 radical (unpaired) electrons. The Labute approximate surface area is 123 Å². The van der Waals surface area contributed by atoms with Gasteiger partial charge in [0.15, 0.2) is 5.65 Å². The summed E-state index contributed by atoms with van der Waals surface area (Å²) in [4.78, 5) is 5.70. The first-order chi connectivity index (χ1) is 9.20. The second kappa shape index (κ2) is 5.40. The summed E-state index contributed by atoms with van der Waals surface area (Å²) in [5.74, 6) is 0. The number of aryl methyl sites for hydroxylation is 1. The Bertz CT molecular complexity index is 704. The zero-order chi connectivity index (χ0) is 13.2. The monoisotopic (exact) mass is 336 g/mol. The van der Waals surface area contributed by atoms with Crippen molar-refractivity contribution in [3.8, 4) is 0 Å². The van der Waals surface area contributed by atoms with Gasteiger partial charge in [-0.2, -0.15) is 5.10 Å². The fourth-order valence-corrected chi connectivity index (χ4v) is 3.32. The molecule has 3 rings (SSSR count). The van der Waals surface area contributed by atoms with Gasteiger partial charge in [-0.3, -0.25) is 0 Å². The predicted molar refractivity (Wildman–Crippen MR) is 80.3 cm³/mol. The molecule has 0 bridgehead atoms. The molecule has 0 amide bonds. The average Bonchev–Trinajstić information content (AvgIpc) is 2.94. The third-order valence-electron chi connectivity index (χ3n) is 2.74. The summed E-state index contributed by atoms with van der Waals surface area (Å²) in [6, 6.07) is 4.11. The van der Waals surface area contributed by atoms with Crippen LogP contribution in [0.4, 0.5) is 0 Å². The topological polar surface area (TPSA) is 42.2 Å². The van der Waals surface area contributed by atoms with Gasteiger partial charge in [-0.05, 0) is 28.9 Å². The first kappa shape index (κ1) is 12.8. The van der Waals surface area contributed by atoms with E-state index in [0.29, 0.717) is 0 Å². The van der Waals surface area contributed by atoms with Gasteiger partial charge in [-0.15, -0.1) is 11.3 Å². The van der Waals surface area contributed by atoms with Crippen LogP contribution in [0.5, 0.6) is 0 Å². The third kappa shape index (κ3) is 3.02. The summed E-state index contributed by atoms with van der Waals surface area (Å²) in [5.41, 5.74) is 3.01. The van der Waals surface area contributed by atoms with Crippen molar-refractivity contribution in [2.24, 2.45) is 0 Å². The first-order valence-electron chi connectivity index (χ1n) is 5.95. The van der Waals surface area contributed by atoms with Crippen molar-refractivity contribution in [2.75, 3.05) is 0 Å². The molecule has 3 aromatic heterocycles. The lowest BCUT2D eigenvalue weighted by Crippen LogP contribution is -2.12. The number of nitrogens with one attached hydrogen (secondary N) is 1. The second-order valence-corrected chi connectivity index (χ2v) is 6.30. The summed E-state index contributed by atoms with van der Waals surface area (Å²) < 4.78 is 2.97. The van der Waals surface area contributed by atoms with Crippen molar-refractivity contribution < 1.29 is 0 Å². The molecule has 0 unspecified atom stereocenters. The Morgan fingerprint density at radius 3 is 3.05 bits per heavy atom. The van der Waals surface area contributed by atoms with Crippen LogP contribution in [0.25, 0.3) is 5.65 Å². The van der Waals surface area contributed by atoms with E-state index in [0.717, 1.165) is 34.5 Å². The van der Waals surface area contributed by atoms with Gasteiger partial charge >= 0.3 is 0 Å². The minimum atomic E-state index is 0.789. The largest absolute Gasteiger partial charge is 0.308 e. The van der Waals surface area contributed by atoms with Crippen molar-refractivity contribution in [3.05, 3.63) is 50.5 Å². The molecule has 0 aliphatic heterocycles. The molecular weight excluding hydrogens is 324 g/mol. The molecule has 0 aromatic carbocycles. The summed E-state index contributed by atoms with van der Waals surface area (Å²) >= 11 is 5.21. The molecule has 4 nitrogen and oxygen atoms in total. The van der Waals surface area contributed by atoms with Gasteiger partial charge in [0.2, 0.25) is 0 Å². The van der Waals surface area contributed by atoms with E-state index in [-0.39, 0.29) is 0 Å². The molecule has 3 heterocycles. The van der Waals surface area contributed by atoms with E-state index in [2.05, 4.69) is 42.8 Å². The predicted octanol–water partition coefficient (Wildman–Crippen LogP) is 3.15. The van der Waals surface area contributed by atoms with Crippen molar-refractivity contribution in [3.63, 3.8) is 0 Å². The third-order valence-corrected chi connectivity index (χ3v) is 4.44. The summed E-state index contributed by atoms with van der Waals surface area (Å²) in [6.45, 7) is 3.63. The van der Waals surface area contributed by atoms with Gasteiger partial charge < -0.3 is 5.32 Å². The summed E-state index contributed by atoms with van der Waals surface area (Å²) in [6.07, 6.45) is 3.92. The molecule has 3 aromatic rings. The highest BCUT2D eigenvalue weighted by Crippen LogP contribution is 2.19. The summed E-state index contributed by atoms with van der Waals surface area (Å²) in [5, 5.41) is 9.87. The van der Waals surface area contributed by atoms with Crippen molar-refractivity contribution in [2.45, 2.75) is 20.0 Å². The average molecular weight is 337 g/mol. The molecule has 0 saturated carbocycles. The van der Waals surface area contributed by atoms with E-state index >= 15 is 0 Å². The van der Waals surface area contributed by atoms with Gasteiger partial charge in [-0.25, -0.2) is 9.50 Å². The van der Waals surface area contributed by atoms with Crippen LogP contribution in [-0.2, 0) is 13.1 Å². The molecular formula is C13H13BrN4S. The summed E-state index contributed by atoms with van der Waals surface area (Å²) in [7, 11) is 0. The van der Waals surface area contributed by atoms with E-state index in [1.54, 1.807) is 11.3 Å². The zero-order valence-corrected chi connectivity index (χ0v) is 12.8. The van der Waals surface area contributed by atoms with Crippen LogP contribution in [0.3, 0.4) is 0 Å². The zero-order valence-electron chi connectivity index (χ0n) is 10.4. The first-order valence-corrected chi connectivity index (χ1v) is 7.62. The Balaban J connectivity index is 1.64. The lowest BCUT2D eigenvalue weighted by atomic mass is 10.3. The molecule has 6 heteroatoms. The van der Waals surface area contributed by atoms with Gasteiger partial charge in [0, 0.05) is 51.8 Å². The van der Waals surface area contributed by atoms with Crippen LogP contribution in [-0.4, -0.2) is 14.6 Å². The lowest BCUT2D eigenvalue weighted by molar-refractivity contribution is 0.692. The molecule has 0 fully saturated rings. The smallest absolute Gasteiger partial charge is 0.155 e. The van der Waals surface area contributed by atoms with Crippen LogP contribution >= 0.6 is 27.3 Å². The molecule has 0 aliphatic rings. The normalized spacial score (nSPS) is 11.3. The van der Waals surface area contributed by atoms with Crippen LogP contribution in [0.1, 0.15) is 16.1 Å². The fourth-order valence-electron chi connectivity index (χ4n) is 1.90. The Kier molecular flexibility index (Phi) is 3.63. The van der Waals surface area contributed by atoms with Gasteiger partial charge in [-0.1, -0.05) is 0 Å². The fraction of sp³-hybridized carbons (Fsp3) is 0.231. The highest BCUT2D eigenvalue weighted by Gasteiger charge is 2.01. The van der Waals surface area contributed by atoms with Crippen LogP contribution in [0.15, 0.2) is 34.4 Å². The molecule has 0 spiro atoms. The highest BCUT2D eigenvalue weighted by atomic mass is 79.9. The number of hydrogen-bond acceptors (Lipinski definition) is 4. The Hall–Kier alpha value is -1.24. The molecule has 0 saturated heterocycles. The number of rotatable bonds is 4. The van der Waals surface area contributed by atoms with E-state index < -0.39 is 0 Å². The van der Waals surface area contributed by atoms with Crippen LogP contribution in [0.2, 0.25) is 0 Å². The SMILES string of the molecule is Cc1cc2ncc(CNCc3cc(Br)cs3)cn2n1. The maximum atomic E-state index is 4.39. The molecule has 0 aliphatic carbocycles. The number of halogens is 1. The lowest BCUT2D eigenvalue weighted by Gasteiger charge is -2.03. The Morgan fingerprint density at radius 1 is 1.37 bits per heavy atom. The maximum absolute atomic E-state index is 4.39. The van der Waals surface area contributed by atoms with Crippen molar-refractivity contribution >= 4 is 32.9 Å². The number of aromatic nitrogens is 3. The highest BCUT2D eigenvalue weighted by molar-refractivity contribution is 9.10. The van der Waals surface area contributed by atoms with Crippen LogP contribution in [0, 0.1) is 6.92 Å². The van der Waals surface area contributed by atoms with Gasteiger partial charge in [0.05, 0.1) is 5.69 Å². The number of fused-ring (bicyclic) bond motifs is 1. The van der Waals surface area contributed by atoms with Gasteiger partial charge in [0.25, 0.3) is 0 Å². The second-order valence-electron chi connectivity index (χ2n) is 4.39. The van der Waals surface area contributed by atoms with E-state index in [1.807, 2.05) is 29.9 Å². The van der Waals surface area contributed by atoms with E-state index in [9.17, 15) is 0 Å².